The highest BCUT2D eigenvalue weighted by Gasteiger charge is 2.30. The number of hydrogen-bond donors (Lipinski definition) is 4. The fourth-order valence-corrected chi connectivity index (χ4v) is 3.16. The van der Waals surface area contributed by atoms with Crippen LogP contribution in [0.3, 0.4) is 0 Å². The highest BCUT2D eigenvalue weighted by Crippen LogP contribution is 2.30. The monoisotopic (exact) mass is 466 g/mol. The molecule has 32 heavy (non-hydrogen) atoms. The summed E-state index contributed by atoms with van der Waals surface area (Å²) in [5.74, 6) is -0.308. The van der Waals surface area contributed by atoms with Crippen LogP contribution in [-0.2, 0) is 21.5 Å². The summed E-state index contributed by atoms with van der Waals surface area (Å²) < 4.78 is 38.7. The molecule has 2 aromatic rings. The summed E-state index contributed by atoms with van der Waals surface area (Å²) in [6.45, 7) is 0.343. The third-order valence-electron chi connectivity index (χ3n) is 4.73. The number of carbonyl (C=O) groups is 2. The average molecular weight is 467 g/mol. The number of carbonyl (C=O) groups excluding carboxylic acids is 2. The minimum atomic E-state index is -4.46. The maximum absolute atomic E-state index is 12.9. The van der Waals surface area contributed by atoms with Crippen LogP contribution in [0.1, 0.15) is 47.9 Å². The van der Waals surface area contributed by atoms with Crippen molar-refractivity contribution >= 4 is 36.1 Å². The normalized spacial score (nSPS) is 11.8. The molecule has 0 bridgehead atoms. The molecule has 0 aliphatic carbocycles. The first-order valence-corrected chi connectivity index (χ1v) is 10.7. The van der Waals surface area contributed by atoms with Crippen molar-refractivity contribution in [2.45, 2.75) is 37.6 Å². The molecule has 3 N–H and O–H groups in total. The highest BCUT2D eigenvalue weighted by atomic mass is 32.1. The first-order valence-electron chi connectivity index (χ1n) is 10.0. The molecule has 0 heterocycles. The minimum Gasteiger partial charge on any atom is -0.352 e. The molecular formula is C23H25F3N2O3S. The second kappa shape index (κ2) is 12.3. The van der Waals surface area contributed by atoms with E-state index in [0.717, 1.165) is 23.3 Å². The molecule has 9 heteroatoms. The smallest absolute Gasteiger partial charge is 0.352 e. The van der Waals surface area contributed by atoms with Gasteiger partial charge in [0, 0.05) is 24.3 Å². The maximum Gasteiger partial charge on any atom is 0.416 e. The topological polar surface area (TPSA) is 78.4 Å². The zero-order chi connectivity index (χ0) is 23.6. The summed E-state index contributed by atoms with van der Waals surface area (Å²) in [7, 11) is 0. The van der Waals surface area contributed by atoms with E-state index in [-0.39, 0.29) is 12.0 Å². The zero-order valence-corrected chi connectivity index (χ0v) is 18.2. The summed E-state index contributed by atoms with van der Waals surface area (Å²) in [6, 6.07) is 11.8. The number of halogens is 3. The van der Waals surface area contributed by atoms with Crippen molar-refractivity contribution in [3.63, 3.8) is 0 Å². The largest absolute Gasteiger partial charge is 0.416 e. The molecular weight excluding hydrogens is 441 g/mol. The first kappa shape index (κ1) is 25.5. The predicted molar refractivity (Wildman–Crippen MR) is 120 cm³/mol. The van der Waals surface area contributed by atoms with Gasteiger partial charge in [-0.15, -0.1) is 0 Å². The van der Waals surface area contributed by atoms with Crippen LogP contribution in [0.15, 0.2) is 48.5 Å². The number of nitrogens with one attached hydrogen (secondary N) is 2. The van der Waals surface area contributed by atoms with Crippen molar-refractivity contribution in [2.75, 3.05) is 6.54 Å². The molecule has 0 radical (unpaired) electrons. The molecule has 2 amide bonds. The number of thiol groups is 1. The number of hydroxylamine groups is 1. The number of hydrogen-bond acceptors (Lipinski definition) is 4. The van der Waals surface area contributed by atoms with Gasteiger partial charge in [0.05, 0.1) is 5.56 Å². The summed E-state index contributed by atoms with van der Waals surface area (Å²) in [4.78, 5) is 23.8. The zero-order valence-electron chi connectivity index (χ0n) is 17.3. The lowest BCUT2D eigenvalue weighted by atomic mass is 10.00. The lowest BCUT2D eigenvalue weighted by Gasteiger charge is -2.12. The van der Waals surface area contributed by atoms with E-state index in [1.54, 1.807) is 11.6 Å². The van der Waals surface area contributed by atoms with Gasteiger partial charge >= 0.3 is 6.18 Å². The van der Waals surface area contributed by atoms with Gasteiger partial charge in [-0.2, -0.15) is 25.8 Å². The van der Waals surface area contributed by atoms with E-state index in [1.165, 1.54) is 12.1 Å². The molecule has 0 aliphatic heterocycles. The molecule has 0 aliphatic rings. The molecule has 172 valence electrons. The van der Waals surface area contributed by atoms with E-state index in [0.29, 0.717) is 37.1 Å². The van der Waals surface area contributed by atoms with Crippen LogP contribution in [0.25, 0.3) is 11.6 Å². The van der Waals surface area contributed by atoms with Gasteiger partial charge in [-0.1, -0.05) is 42.8 Å². The van der Waals surface area contributed by atoms with E-state index in [4.69, 9.17) is 5.21 Å². The molecule has 0 atom stereocenters. The standard InChI is InChI=1S/C23H25F3N2O3S/c24-23(25,26)19-11-9-18(10-12-19)20(14-16-5-7-17(15-32)8-6-16)22(30)27-13-3-1-2-4-21(29)28-31/h5-12,14,31-32H,1-4,13,15H2,(H,27,30)(H,28,29)/b20-14-. The lowest BCUT2D eigenvalue weighted by molar-refractivity contribution is -0.137. The Morgan fingerprint density at radius 1 is 0.969 bits per heavy atom. The Balaban J connectivity index is 2.14. The van der Waals surface area contributed by atoms with Gasteiger partial charge in [-0.3, -0.25) is 14.8 Å². The Morgan fingerprint density at radius 2 is 1.62 bits per heavy atom. The van der Waals surface area contributed by atoms with Gasteiger partial charge in [0.15, 0.2) is 0 Å². The van der Waals surface area contributed by atoms with Crippen molar-refractivity contribution in [3.05, 3.63) is 70.8 Å². The molecule has 0 unspecified atom stereocenters. The molecule has 0 fully saturated rings. The van der Waals surface area contributed by atoms with Crippen LogP contribution in [0.5, 0.6) is 0 Å². The van der Waals surface area contributed by atoms with Crippen LogP contribution in [0.4, 0.5) is 13.2 Å². The first-order chi connectivity index (χ1) is 15.2. The quantitative estimate of drug-likeness (QED) is 0.101. The minimum absolute atomic E-state index is 0.184. The molecule has 0 saturated carbocycles. The summed E-state index contributed by atoms with van der Waals surface area (Å²) >= 11 is 4.21. The SMILES string of the molecule is O=C(CCCCCNC(=O)/C(=C\c1ccc(CS)cc1)c1ccc(C(F)(F)F)cc1)NO. The van der Waals surface area contributed by atoms with Gasteiger partial charge in [-0.25, -0.2) is 5.48 Å². The van der Waals surface area contributed by atoms with Crippen molar-refractivity contribution in [1.29, 1.82) is 0 Å². The summed E-state index contributed by atoms with van der Waals surface area (Å²) in [5.41, 5.74) is 3.12. The van der Waals surface area contributed by atoms with Crippen LogP contribution in [0.2, 0.25) is 0 Å². The number of rotatable bonds is 10. The van der Waals surface area contributed by atoms with Crippen LogP contribution in [0, 0.1) is 0 Å². The Bertz CT molecular complexity index is 927. The van der Waals surface area contributed by atoms with E-state index in [9.17, 15) is 22.8 Å². The van der Waals surface area contributed by atoms with Gasteiger partial charge in [0.2, 0.25) is 5.91 Å². The second-order valence-corrected chi connectivity index (χ2v) is 7.45. The Hall–Kier alpha value is -2.78. The molecule has 2 rings (SSSR count). The number of alkyl halides is 3. The third-order valence-corrected chi connectivity index (χ3v) is 5.10. The molecule has 5 nitrogen and oxygen atoms in total. The van der Waals surface area contributed by atoms with Crippen LogP contribution < -0.4 is 10.8 Å². The predicted octanol–water partition coefficient (Wildman–Crippen LogP) is 4.86. The number of amides is 2. The second-order valence-electron chi connectivity index (χ2n) is 7.13. The van der Waals surface area contributed by atoms with E-state index in [2.05, 4.69) is 17.9 Å². The van der Waals surface area contributed by atoms with E-state index >= 15 is 0 Å². The fourth-order valence-electron chi connectivity index (χ4n) is 2.95. The highest BCUT2D eigenvalue weighted by molar-refractivity contribution is 7.79. The summed E-state index contributed by atoms with van der Waals surface area (Å²) in [6.07, 6.45) is -0.809. The van der Waals surface area contributed by atoms with Crippen molar-refractivity contribution < 1.29 is 28.0 Å². The van der Waals surface area contributed by atoms with Crippen molar-refractivity contribution in [3.8, 4) is 0 Å². The Kier molecular flexibility index (Phi) is 9.80. The van der Waals surface area contributed by atoms with E-state index in [1.807, 2.05) is 24.3 Å². The molecule has 0 aromatic heterocycles. The molecule has 0 spiro atoms. The fraction of sp³-hybridized carbons (Fsp3) is 0.304. The number of benzene rings is 2. The van der Waals surface area contributed by atoms with Crippen LogP contribution >= 0.6 is 12.6 Å². The average Bonchev–Trinajstić information content (AvgIpc) is 2.79. The van der Waals surface area contributed by atoms with Gasteiger partial charge in [0.25, 0.3) is 5.91 Å². The van der Waals surface area contributed by atoms with Crippen LogP contribution in [-0.4, -0.2) is 23.6 Å². The third kappa shape index (κ3) is 8.05. The Labute approximate surface area is 190 Å². The maximum atomic E-state index is 12.9. The van der Waals surface area contributed by atoms with Crippen molar-refractivity contribution in [2.24, 2.45) is 0 Å². The Morgan fingerprint density at radius 3 is 2.19 bits per heavy atom. The molecule has 0 saturated heterocycles. The van der Waals surface area contributed by atoms with Gasteiger partial charge < -0.3 is 5.32 Å². The lowest BCUT2D eigenvalue weighted by Crippen LogP contribution is -2.25. The van der Waals surface area contributed by atoms with Gasteiger partial charge in [0.1, 0.15) is 0 Å². The number of unbranched alkanes of at least 4 members (excludes halogenated alkanes) is 2. The van der Waals surface area contributed by atoms with E-state index < -0.39 is 23.6 Å². The van der Waals surface area contributed by atoms with Gasteiger partial charge in [-0.05, 0) is 47.7 Å². The van der Waals surface area contributed by atoms with Crippen molar-refractivity contribution in [1.82, 2.24) is 10.8 Å². The molecule has 2 aromatic carbocycles. The summed E-state index contributed by atoms with van der Waals surface area (Å²) in [5, 5.41) is 11.2.